The molecule has 2 aromatic carbocycles. The molecule has 0 radical (unpaired) electrons. The van der Waals surface area contributed by atoms with Crippen molar-refractivity contribution in [2.45, 2.75) is 26.3 Å². The molecule has 0 saturated carbocycles. The fraction of sp³-hybridized carbons (Fsp3) is 0.278. The Hall–Kier alpha value is -2.29. The summed E-state index contributed by atoms with van der Waals surface area (Å²) in [6.45, 7) is 4.08. The fourth-order valence-corrected chi connectivity index (χ4v) is 2.45. The SMILES string of the molecule is CCc1ccccc1C(=O)N(C)C(C)c1cccc(N)c1. The lowest BCUT2D eigenvalue weighted by Crippen LogP contribution is -2.30. The zero-order valence-electron chi connectivity index (χ0n) is 12.8. The molecule has 3 nitrogen and oxygen atoms in total. The number of amides is 1. The highest BCUT2D eigenvalue weighted by molar-refractivity contribution is 5.95. The second-order valence-electron chi connectivity index (χ2n) is 5.27. The van der Waals surface area contributed by atoms with Gasteiger partial charge in [0.05, 0.1) is 6.04 Å². The van der Waals surface area contributed by atoms with E-state index in [1.54, 1.807) is 4.90 Å². The molecule has 0 saturated heterocycles. The Morgan fingerprint density at radius 3 is 2.57 bits per heavy atom. The molecule has 0 aromatic heterocycles. The van der Waals surface area contributed by atoms with E-state index in [1.165, 1.54) is 0 Å². The van der Waals surface area contributed by atoms with Crippen molar-refractivity contribution >= 4 is 11.6 Å². The van der Waals surface area contributed by atoms with Crippen molar-refractivity contribution in [1.29, 1.82) is 0 Å². The molecule has 0 aliphatic heterocycles. The lowest BCUT2D eigenvalue weighted by molar-refractivity contribution is 0.0741. The molecule has 0 heterocycles. The van der Waals surface area contributed by atoms with Gasteiger partial charge in [-0.15, -0.1) is 0 Å². The van der Waals surface area contributed by atoms with E-state index in [-0.39, 0.29) is 11.9 Å². The molecule has 0 spiro atoms. The monoisotopic (exact) mass is 282 g/mol. The van der Waals surface area contributed by atoms with E-state index in [2.05, 4.69) is 6.92 Å². The molecule has 110 valence electrons. The van der Waals surface area contributed by atoms with Crippen molar-refractivity contribution in [3.63, 3.8) is 0 Å². The summed E-state index contributed by atoms with van der Waals surface area (Å²) in [4.78, 5) is 14.5. The summed E-state index contributed by atoms with van der Waals surface area (Å²) >= 11 is 0. The number of aryl methyl sites for hydroxylation is 1. The van der Waals surface area contributed by atoms with Gasteiger partial charge in [-0.05, 0) is 42.7 Å². The van der Waals surface area contributed by atoms with E-state index >= 15 is 0 Å². The number of anilines is 1. The van der Waals surface area contributed by atoms with E-state index < -0.39 is 0 Å². The van der Waals surface area contributed by atoms with Crippen LogP contribution in [0.1, 0.15) is 41.4 Å². The number of nitrogens with zero attached hydrogens (tertiary/aromatic N) is 1. The first-order valence-electron chi connectivity index (χ1n) is 7.25. The highest BCUT2D eigenvalue weighted by Gasteiger charge is 2.20. The smallest absolute Gasteiger partial charge is 0.254 e. The normalized spacial score (nSPS) is 12.0. The van der Waals surface area contributed by atoms with E-state index in [4.69, 9.17) is 5.73 Å². The van der Waals surface area contributed by atoms with Crippen molar-refractivity contribution in [3.8, 4) is 0 Å². The Labute approximate surface area is 126 Å². The molecule has 1 amide bonds. The molecule has 0 bridgehead atoms. The van der Waals surface area contributed by atoms with Crippen LogP contribution in [-0.4, -0.2) is 17.9 Å². The second kappa shape index (κ2) is 6.44. The Balaban J connectivity index is 2.26. The molecule has 2 N–H and O–H groups in total. The fourth-order valence-electron chi connectivity index (χ4n) is 2.45. The molecule has 2 rings (SSSR count). The van der Waals surface area contributed by atoms with Gasteiger partial charge in [-0.3, -0.25) is 4.79 Å². The summed E-state index contributed by atoms with van der Waals surface area (Å²) in [6, 6.07) is 15.4. The van der Waals surface area contributed by atoms with Gasteiger partial charge >= 0.3 is 0 Å². The first-order chi connectivity index (χ1) is 10.0. The average Bonchev–Trinajstić information content (AvgIpc) is 2.52. The van der Waals surface area contributed by atoms with Crippen LogP contribution in [0.15, 0.2) is 48.5 Å². The van der Waals surface area contributed by atoms with Crippen molar-refractivity contribution < 1.29 is 4.79 Å². The van der Waals surface area contributed by atoms with E-state index in [0.717, 1.165) is 23.1 Å². The Kier molecular flexibility index (Phi) is 4.63. The van der Waals surface area contributed by atoms with Crippen LogP contribution in [-0.2, 0) is 6.42 Å². The van der Waals surface area contributed by atoms with Crippen LogP contribution in [0.2, 0.25) is 0 Å². The van der Waals surface area contributed by atoms with Crippen LogP contribution in [0.25, 0.3) is 0 Å². The number of carbonyl (C=O) groups is 1. The van der Waals surface area contributed by atoms with Crippen LogP contribution >= 0.6 is 0 Å². The maximum Gasteiger partial charge on any atom is 0.254 e. The summed E-state index contributed by atoms with van der Waals surface area (Å²) in [6.07, 6.45) is 0.850. The third kappa shape index (κ3) is 3.24. The third-order valence-corrected chi connectivity index (χ3v) is 3.92. The number of rotatable bonds is 4. The Morgan fingerprint density at radius 1 is 1.19 bits per heavy atom. The van der Waals surface area contributed by atoms with Crippen molar-refractivity contribution in [2.75, 3.05) is 12.8 Å². The maximum atomic E-state index is 12.7. The minimum atomic E-state index is -0.0223. The van der Waals surface area contributed by atoms with E-state index in [1.807, 2.05) is 62.5 Å². The zero-order valence-corrected chi connectivity index (χ0v) is 12.8. The maximum absolute atomic E-state index is 12.7. The van der Waals surface area contributed by atoms with Gasteiger partial charge in [0, 0.05) is 18.3 Å². The number of nitrogen functional groups attached to an aromatic ring is 1. The highest BCUT2D eigenvalue weighted by Crippen LogP contribution is 2.23. The lowest BCUT2D eigenvalue weighted by atomic mass is 10.0. The van der Waals surface area contributed by atoms with Crippen LogP contribution < -0.4 is 5.73 Å². The van der Waals surface area contributed by atoms with Gasteiger partial charge < -0.3 is 10.6 Å². The minimum absolute atomic E-state index is 0.0223. The number of carbonyl (C=O) groups excluding carboxylic acids is 1. The van der Waals surface area contributed by atoms with Gasteiger partial charge in [-0.25, -0.2) is 0 Å². The summed E-state index contributed by atoms with van der Waals surface area (Å²) < 4.78 is 0. The van der Waals surface area contributed by atoms with Crippen LogP contribution in [0.5, 0.6) is 0 Å². The van der Waals surface area contributed by atoms with Crippen molar-refractivity contribution in [3.05, 3.63) is 65.2 Å². The van der Waals surface area contributed by atoms with Crippen LogP contribution in [0.3, 0.4) is 0 Å². The van der Waals surface area contributed by atoms with Crippen molar-refractivity contribution in [1.82, 2.24) is 4.90 Å². The largest absolute Gasteiger partial charge is 0.399 e. The summed E-state index contributed by atoms with van der Waals surface area (Å²) in [5.41, 5.74) is 9.44. The van der Waals surface area contributed by atoms with Gasteiger partial charge in [0.2, 0.25) is 0 Å². The minimum Gasteiger partial charge on any atom is -0.399 e. The molecule has 2 aromatic rings. The number of nitrogens with two attached hydrogens (primary N) is 1. The number of benzene rings is 2. The summed E-state index contributed by atoms with van der Waals surface area (Å²) in [5.74, 6) is 0.0439. The van der Waals surface area contributed by atoms with Gasteiger partial charge in [-0.2, -0.15) is 0 Å². The molecule has 1 unspecified atom stereocenters. The second-order valence-corrected chi connectivity index (χ2v) is 5.27. The predicted octanol–water partition coefficient (Wildman–Crippen LogP) is 3.66. The number of hydrogen-bond donors (Lipinski definition) is 1. The van der Waals surface area contributed by atoms with Crippen LogP contribution in [0, 0.1) is 0 Å². The molecular formula is C18H22N2O. The first kappa shape index (κ1) is 15.1. The van der Waals surface area contributed by atoms with Crippen LogP contribution in [0.4, 0.5) is 5.69 Å². The molecule has 21 heavy (non-hydrogen) atoms. The highest BCUT2D eigenvalue weighted by atomic mass is 16.2. The topological polar surface area (TPSA) is 46.3 Å². The summed E-state index contributed by atoms with van der Waals surface area (Å²) in [5, 5.41) is 0. The molecule has 0 aliphatic rings. The van der Waals surface area contributed by atoms with Crippen molar-refractivity contribution in [2.24, 2.45) is 0 Å². The van der Waals surface area contributed by atoms with E-state index in [9.17, 15) is 4.79 Å². The first-order valence-corrected chi connectivity index (χ1v) is 7.25. The van der Waals surface area contributed by atoms with Gasteiger partial charge in [0.15, 0.2) is 0 Å². The molecule has 0 fully saturated rings. The Bertz CT molecular complexity index is 637. The quantitative estimate of drug-likeness (QED) is 0.870. The number of hydrogen-bond acceptors (Lipinski definition) is 2. The molecular weight excluding hydrogens is 260 g/mol. The molecule has 3 heteroatoms. The Morgan fingerprint density at radius 2 is 1.90 bits per heavy atom. The van der Waals surface area contributed by atoms with Gasteiger partial charge in [-0.1, -0.05) is 37.3 Å². The summed E-state index contributed by atoms with van der Waals surface area (Å²) in [7, 11) is 1.84. The lowest BCUT2D eigenvalue weighted by Gasteiger charge is -2.26. The molecule has 0 aliphatic carbocycles. The van der Waals surface area contributed by atoms with Gasteiger partial charge in [0.1, 0.15) is 0 Å². The zero-order chi connectivity index (χ0) is 15.4. The molecule has 1 atom stereocenters. The predicted molar refractivity (Wildman–Crippen MR) is 87.2 cm³/mol. The third-order valence-electron chi connectivity index (χ3n) is 3.92. The standard InChI is InChI=1S/C18H22N2O/c1-4-14-8-5-6-11-17(14)18(21)20(3)13(2)15-9-7-10-16(19)12-15/h5-13H,4,19H2,1-3H3. The van der Waals surface area contributed by atoms with E-state index in [0.29, 0.717) is 5.69 Å². The average molecular weight is 282 g/mol. The van der Waals surface area contributed by atoms with Gasteiger partial charge in [0.25, 0.3) is 5.91 Å².